The van der Waals surface area contributed by atoms with Crippen molar-refractivity contribution in [3.63, 3.8) is 0 Å². The molecule has 1 aromatic heterocycles. The fraction of sp³-hybridized carbons (Fsp3) is 0.500. The summed E-state index contributed by atoms with van der Waals surface area (Å²) in [7, 11) is 0. The van der Waals surface area contributed by atoms with E-state index in [1.165, 1.54) is 11.1 Å². The second kappa shape index (κ2) is 5.21. The summed E-state index contributed by atoms with van der Waals surface area (Å²) in [4.78, 5) is 9.23. The Bertz CT molecular complexity index is 392. The maximum atomic E-state index is 4.61. The lowest BCUT2D eigenvalue weighted by Crippen LogP contribution is -2.44. The van der Waals surface area contributed by atoms with Crippen molar-refractivity contribution < 1.29 is 0 Å². The highest BCUT2D eigenvalue weighted by molar-refractivity contribution is 5.47. The van der Waals surface area contributed by atoms with Gasteiger partial charge in [0.15, 0.2) is 0 Å². The average Bonchev–Trinajstić information content (AvgIpc) is 2.39. The summed E-state index contributed by atoms with van der Waals surface area (Å²) in [5.74, 6) is 1.14. The Morgan fingerprint density at radius 3 is 2.59 bits per heavy atom. The van der Waals surface area contributed by atoms with Gasteiger partial charge in [-0.15, -0.1) is 0 Å². The van der Waals surface area contributed by atoms with Gasteiger partial charge in [0, 0.05) is 32.4 Å². The molecule has 0 spiro atoms. The van der Waals surface area contributed by atoms with Gasteiger partial charge < -0.3 is 9.80 Å². The molecule has 0 aliphatic carbocycles. The lowest BCUT2D eigenvalue weighted by atomic mass is 10.1. The third kappa shape index (κ3) is 2.60. The van der Waals surface area contributed by atoms with Crippen molar-refractivity contribution >= 4 is 5.82 Å². The molecule has 0 bridgehead atoms. The first-order valence-electron chi connectivity index (χ1n) is 6.31. The standard InChI is InChI=1S/C14H21N3/c1-4-13-10-12(3)14(15-11-13)17-8-6-16(5-2)7-9-17/h5,10-11H,2,4,6-9H2,1,3H3. The van der Waals surface area contributed by atoms with Crippen molar-refractivity contribution in [1.29, 1.82) is 0 Å². The molecule has 17 heavy (non-hydrogen) atoms. The van der Waals surface area contributed by atoms with Crippen LogP contribution in [0.25, 0.3) is 0 Å². The van der Waals surface area contributed by atoms with Gasteiger partial charge in [-0.2, -0.15) is 0 Å². The number of pyridine rings is 1. The summed E-state index contributed by atoms with van der Waals surface area (Å²) in [6.07, 6.45) is 4.98. The molecule has 0 saturated carbocycles. The van der Waals surface area contributed by atoms with E-state index in [1.807, 2.05) is 12.4 Å². The molecule has 1 aliphatic rings. The number of anilines is 1. The quantitative estimate of drug-likeness (QED) is 0.795. The molecule has 0 unspecified atom stereocenters. The van der Waals surface area contributed by atoms with Gasteiger partial charge in [0.1, 0.15) is 5.82 Å². The number of nitrogens with zero attached hydrogens (tertiary/aromatic N) is 3. The highest BCUT2D eigenvalue weighted by atomic mass is 15.3. The van der Waals surface area contributed by atoms with E-state index in [9.17, 15) is 0 Å². The first-order chi connectivity index (χ1) is 8.24. The van der Waals surface area contributed by atoms with E-state index in [0.29, 0.717) is 0 Å². The summed E-state index contributed by atoms with van der Waals surface area (Å²) in [5.41, 5.74) is 2.60. The number of rotatable bonds is 3. The Kier molecular flexibility index (Phi) is 3.67. The summed E-state index contributed by atoms with van der Waals surface area (Å²) >= 11 is 0. The fourth-order valence-corrected chi connectivity index (χ4v) is 2.27. The summed E-state index contributed by atoms with van der Waals surface area (Å²) < 4.78 is 0. The van der Waals surface area contributed by atoms with Crippen LogP contribution in [-0.4, -0.2) is 36.1 Å². The minimum atomic E-state index is 1.03. The van der Waals surface area contributed by atoms with Crippen LogP contribution in [0.5, 0.6) is 0 Å². The molecule has 0 radical (unpaired) electrons. The Morgan fingerprint density at radius 2 is 2.06 bits per heavy atom. The van der Waals surface area contributed by atoms with E-state index in [-0.39, 0.29) is 0 Å². The van der Waals surface area contributed by atoms with Crippen LogP contribution in [0.1, 0.15) is 18.1 Å². The van der Waals surface area contributed by atoms with Crippen LogP contribution in [-0.2, 0) is 6.42 Å². The van der Waals surface area contributed by atoms with E-state index in [0.717, 1.165) is 38.4 Å². The molecular formula is C14H21N3. The molecule has 0 aromatic carbocycles. The van der Waals surface area contributed by atoms with E-state index in [1.54, 1.807) is 0 Å². The van der Waals surface area contributed by atoms with Crippen LogP contribution in [0.4, 0.5) is 5.82 Å². The highest BCUT2D eigenvalue weighted by Crippen LogP contribution is 2.19. The molecule has 1 saturated heterocycles. The molecule has 0 atom stereocenters. The first kappa shape index (κ1) is 12.0. The van der Waals surface area contributed by atoms with Crippen molar-refractivity contribution in [2.45, 2.75) is 20.3 Å². The molecular weight excluding hydrogens is 210 g/mol. The van der Waals surface area contributed by atoms with Gasteiger partial charge in [0.2, 0.25) is 0 Å². The third-order valence-electron chi connectivity index (χ3n) is 3.39. The average molecular weight is 231 g/mol. The number of piperazine rings is 1. The molecule has 1 fully saturated rings. The SMILES string of the molecule is C=CN1CCN(c2ncc(CC)cc2C)CC1. The largest absolute Gasteiger partial charge is 0.374 e. The zero-order valence-electron chi connectivity index (χ0n) is 10.8. The maximum absolute atomic E-state index is 4.61. The molecule has 1 aliphatic heterocycles. The van der Waals surface area contributed by atoms with E-state index >= 15 is 0 Å². The van der Waals surface area contributed by atoms with Crippen molar-refractivity contribution in [3.05, 3.63) is 36.2 Å². The Balaban J connectivity index is 2.10. The lowest BCUT2D eigenvalue weighted by Gasteiger charge is -2.35. The van der Waals surface area contributed by atoms with Crippen molar-refractivity contribution in [2.75, 3.05) is 31.1 Å². The van der Waals surface area contributed by atoms with Gasteiger partial charge in [0.25, 0.3) is 0 Å². The van der Waals surface area contributed by atoms with Crippen molar-refractivity contribution in [3.8, 4) is 0 Å². The summed E-state index contributed by atoms with van der Waals surface area (Å²) in [5, 5.41) is 0. The fourth-order valence-electron chi connectivity index (χ4n) is 2.27. The van der Waals surface area contributed by atoms with Crippen molar-refractivity contribution in [1.82, 2.24) is 9.88 Å². The highest BCUT2D eigenvalue weighted by Gasteiger charge is 2.17. The number of aromatic nitrogens is 1. The topological polar surface area (TPSA) is 19.4 Å². The lowest BCUT2D eigenvalue weighted by molar-refractivity contribution is 0.349. The molecule has 0 amide bonds. The van der Waals surface area contributed by atoms with E-state index < -0.39 is 0 Å². The molecule has 92 valence electrons. The van der Waals surface area contributed by atoms with Gasteiger partial charge >= 0.3 is 0 Å². The predicted octanol–water partition coefficient (Wildman–Crippen LogP) is 2.22. The Morgan fingerprint density at radius 1 is 1.35 bits per heavy atom. The summed E-state index contributed by atoms with van der Waals surface area (Å²) in [6.45, 7) is 12.3. The normalized spacial score (nSPS) is 16.1. The molecule has 2 rings (SSSR count). The monoisotopic (exact) mass is 231 g/mol. The predicted molar refractivity (Wildman–Crippen MR) is 72.3 cm³/mol. The van der Waals surface area contributed by atoms with Crippen LogP contribution in [0.3, 0.4) is 0 Å². The van der Waals surface area contributed by atoms with Crippen LogP contribution < -0.4 is 4.90 Å². The smallest absolute Gasteiger partial charge is 0.131 e. The minimum absolute atomic E-state index is 1.03. The third-order valence-corrected chi connectivity index (χ3v) is 3.39. The number of hydrogen-bond donors (Lipinski definition) is 0. The maximum Gasteiger partial charge on any atom is 0.131 e. The molecule has 0 N–H and O–H groups in total. The minimum Gasteiger partial charge on any atom is -0.374 e. The first-order valence-corrected chi connectivity index (χ1v) is 6.31. The number of hydrogen-bond acceptors (Lipinski definition) is 3. The van der Waals surface area contributed by atoms with Crippen LogP contribution in [0.2, 0.25) is 0 Å². The molecule has 3 nitrogen and oxygen atoms in total. The van der Waals surface area contributed by atoms with Gasteiger partial charge in [-0.05, 0) is 30.7 Å². The van der Waals surface area contributed by atoms with Gasteiger partial charge in [0.05, 0.1) is 0 Å². The number of aryl methyl sites for hydroxylation is 2. The van der Waals surface area contributed by atoms with Crippen LogP contribution >= 0.6 is 0 Å². The Hall–Kier alpha value is -1.51. The molecule has 1 aromatic rings. The summed E-state index contributed by atoms with van der Waals surface area (Å²) in [6, 6.07) is 2.25. The second-order valence-electron chi connectivity index (χ2n) is 4.54. The van der Waals surface area contributed by atoms with Gasteiger partial charge in [-0.25, -0.2) is 4.98 Å². The van der Waals surface area contributed by atoms with Crippen LogP contribution in [0, 0.1) is 6.92 Å². The van der Waals surface area contributed by atoms with Crippen LogP contribution in [0.15, 0.2) is 25.0 Å². The van der Waals surface area contributed by atoms with E-state index in [2.05, 4.69) is 41.3 Å². The van der Waals surface area contributed by atoms with E-state index in [4.69, 9.17) is 0 Å². The van der Waals surface area contributed by atoms with Gasteiger partial charge in [-0.3, -0.25) is 0 Å². The zero-order valence-corrected chi connectivity index (χ0v) is 10.8. The second-order valence-corrected chi connectivity index (χ2v) is 4.54. The molecule has 3 heteroatoms. The zero-order chi connectivity index (χ0) is 12.3. The molecule has 2 heterocycles. The van der Waals surface area contributed by atoms with Crippen molar-refractivity contribution in [2.24, 2.45) is 0 Å². The van der Waals surface area contributed by atoms with Gasteiger partial charge in [-0.1, -0.05) is 19.6 Å². The Labute approximate surface area is 104 Å².